The molecule has 0 aliphatic heterocycles. The molecule has 14 heavy (non-hydrogen) atoms. The van der Waals surface area contributed by atoms with Crippen molar-refractivity contribution in [3.05, 3.63) is 41.5 Å². The van der Waals surface area contributed by atoms with Crippen molar-refractivity contribution in [2.45, 2.75) is 13.0 Å². The van der Waals surface area contributed by atoms with E-state index >= 15 is 0 Å². The van der Waals surface area contributed by atoms with E-state index in [1.165, 1.54) is 0 Å². The van der Waals surface area contributed by atoms with Crippen molar-refractivity contribution >= 4 is 12.0 Å². The molecule has 0 bridgehead atoms. The quantitative estimate of drug-likeness (QED) is 0.763. The molecule has 3 heteroatoms. The number of carboxylic acids is 1. The first kappa shape index (κ1) is 10.5. The molecule has 0 aliphatic carbocycles. The molecule has 1 aromatic carbocycles. The number of rotatable bonds is 3. The Hall–Kier alpha value is -1.61. The topological polar surface area (TPSA) is 57.5 Å². The van der Waals surface area contributed by atoms with Gasteiger partial charge in [-0.1, -0.05) is 36.4 Å². The van der Waals surface area contributed by atoms with Gasteiger partial charge in [-0.3, -0.25) is 0 Å². The van der Waals surface area contributed by atoms with Crippen LogP contribution in [-0.4, -0.2) is 22.3 Å². The first-order chi connectivity index (χ1) is 6.61. The number of aliphatic hydroxyl groups excluding tert-OH is 1. The Kier molecular flexibility index (Phi) is 3.42. The highest BCUT2D eigenvalue weighted by molar-refractivity contribution is 5.77. The first-order valence-corrected chi connectivity index (χ1v) is 4.25. The van der Waals surface area contributed by atoms with Gasteiger partial charge < -0.3 is 10.2 Å². The average molecular weight is 192 g/mol. The van der Waals surface area contributed by atoms with Crippen LogP contribution in [0.2, 0.25) is 0 Å². The van der Waals surface area contributed by atoms with Gasteiger partial charge in [-0.05, 0) is 18.1 Å². The van der Waals surface area contributed by atoms with Crippen molar-refractivity contribution in [3.63, 3.8) is 0 Å². The predicted octanol–water partition coefficient (Wildman–Crippen LogP) is 1.54. The van der Waals surface area contributed by atoms with Crippen molar-refractivity contribution in [1.82, 2.24) is 0 Å². The number of carboxylic acid groups (broad SMARTS) is 1. The lowest BCUT2D eigenvalue weighted by atomic mass is 10.1. The molecular weight excluding hydrogens is 180 g/mol. The van der Waals surface area contributed by atoms with Gasteiger partial charge in [0, 0.05) is 0 Å². The van der Waals surface area contributed by atoms with E-state index in [-0.39, 0.29) is 0 Å². The highest BCUT2D eigenvalue weighted by Crippen LogP contribution is 2.09. The van der Waals surface area contributed by atoms with Crippen LogP contribution in [0.15, 0.2) is 35.9 Å². The van der Waals surface area contributed by atoms with Gasteiger partial charge in [-0.15, -0.1) is 0 Å². The zero-order chi connectivity index (χ0) is 10.6. The van der Waals surface area contributed by atoms with Crippen LogP contribution in [0.5, 0.6) is 0 Å². The molecule has 2 N–H and O–H groups in total. The summed E-state index contributed by atoms with van der Waals surface area (Å²) in [7, 11) is 0. The molecule has 0 aliphatic rings. The Morgan fingerprint density at radius 3 is 2.43 bits per heavy atom. The summed E-state index contributed by atoms with van der Waals surface area (Å²) >= 11 is 0. The second kappa shape index (κ2) is 4.58. The molecule has 0 aromatic heterocycles. The molecule has 3 nitrogen and oxygen atoms in total. The zero-order valence-electron chi connectivity index (χ0n) is 7.84. The highest BCUT2D eigenvalue weighted by atomic mass is 16.4. The van der Waals surface area contributed by atoms with E-state index in [1.807, 2.05) is 30.3 Å². The molecule has 1 rings (SSSR count). The van der Waals surface area contributed by atoms with Gasteiger partial charge >= 0.3 is 5.97 Å². The van der Waals surface area contributed by atoms with Gasteiger partial charge in [0.2, 0.25) is 0 Å². The van der Waals surface area contributed by atoms with Crippen molar-refractivity contribution in [3.8, 4) is 0 Å². The minimum absolute atomic E-state index is 0.420. The fourth-order valence-corrected chi connectivity index (χ4v) is 1.09. The lowest BCUT2D eigenvalue weighted by Crippen LogP contribution is -2.20. The summed E-state index contributed by atoms with van der Waals surface area (Å²) in [4.78, 5) is 10.4. The molecular formula is C11H12O3. The van der Waals surface area contributed by atoms with E-state index < -0.39 is 12.1 Å². The third-order valence-electron chi connectivity index (χ3n) is 1.86. The van der Waals surface area contributed by atoms with E-state index in [0.717, 1.165) is 5.56 Å². The van der Waals surface area contributed by atoms with Crippen LogP contribution in [0.25, 0.3) is 6.08 Å². The van der Waals surface area contributed by atoms with Crippen LogP contribution in [0, 0.1) is 0 Å². The molecule has 0 saturated heterocycles. The van der Waals surface area contributed by atoms with E-state index in [1.54, 1.807) is 13.0 Å². The van der Waals surface area contributed by atoms with Gasteiger partial charge in [-0.2, -0.15) is 0 Å². The molecule has 0 heterocycles. The Balaban J connectivity index is 2.84. The zero-order valence-corrected chi connectivity index (χ0v) is 7.84. The fourth-order valence-electron chi connectivity index (χ4n) is 1.09. The number of carbonyl (C=O) groups is 1. The number of aliphatic carboxylic acids is 1. The fraction of sp³-hybridized carbons (Fsp3) is 0.182. The van der Waals surface area contributed by atoms with Crippen molar-refractivity contribution in [2.24, 2.45) is 0 Å². The van der Waals surface area contributed by atoms with Crippen LogP contribution in [-0.2, 0) is 4.79 Å². The number of aliphatic hydroxyl groups is 1. The molecule has 0 unspecified atom stereocenters. The third kappa shape index (κ3) is 2.71. The van der Waals surface area contributed by atoms with Crippen LogP contribution in [0.1, 0.15) is 12.5 Å². The van der Waals surface area contributed by atoms with E-state index in [9.17, 15) is 9.90 Å². The number of hydrogen-bond donors (Lipinski definition) is 2. The summed E-state index contributed by atoms with van der Waals surface area (Å²) < 4.78 is 0. The van der Waals surface area contributed by atoms with Crippen LogP contribution in [0.3, 0.4) is 0 Å². The molecule has 74 valence electrons. The number of benzene rings is 1. The largest absolute Gasteiger partial charge is 0.479 e. The normalized spacial score (nSPS) is 13.7. The Morgan fingerprint density at radius 2 is 1.93 bits per heavy atom. The highest BCUT2D eigenvalue weighted by Gasteiger charge is 2.14. The average Bonchev–Trinajstić information content (AvgIpc) is 2.18. The monoisotopic (exact) mass is 192 g/mol. The van der Waals surface area contributed by atoms with Crippen molar-refractivity contribution in [1.29, 1.82) is 0 Å². The number of hydrogen-bond acceptors (Lipinski definition) is 2. The minimum atomic E-state index is -1.42. The lowest BCUT2D eigenvalue weighted by Gasteiger charge is -2.05. The van der Waals surface area contributed by atoms with Crippen molar-refractivity contribution < 1.29 is 15.0 Å². The molecule has 0 fully saturated rings. The summed E-state index contributed by atoms with van der Waals surface area (Å²) in [5.41, 5.74) is 1.30. The minimum Gasteiger partial charge on any atom is -0.479 e. The smallest absolute Gasteiger partial charge is 0.336 e. The summed E-state index contributed by atoms with van der Waals surface area (Å²) in [6.45, 7) is 1.59. The SMILES string of the molecule is C/C(=C\c1ccccc1)[C@@H](O)C(=O)O. The van der Waals surface area contributed by atoms with Crippen LogP contribution >= 0.6 is 0 Å². The Bertz CT molecular complexity index is 341. The second-order valence-electron chi connectivity index (χ2n) is 3.04. The van der Waals surface area contributed by atoms with Gasteiger partial charge in [0.25, 0.3) is 0 Å². The van der Waals surface area contributed by atoms with Gasteiger partial charge in [0.05, 0.1) is 0 Å². The lowest BCUT2D eigenvalue weighted by molar-refractivity contribution is -0.144. The molecule has 0 radical (unpaired) electrons. The van der Waals surface area contributed by atoms with Crippen molar-refractivity contribution in [2.75, 3.05) is 0 Å². The summed E-state index contributed by atoms with van der Waals surface area (Å²) in [5.74, 6) is -1.23. The Labute approximate surface area is 82.3 Å². The molecule has 0 spiro atoms. The maximum absolute atomic E-state index is 10.4. The first-order valence-electron chi connectivity index (χ1n) is 4.25. The van der Waals surface area contributed by atoms with Crippen LogP contribution < -0.4 is 0 Å². The standard InChI is InChI=1S/C11H12O3/c1-8(10(12)11(13)14)7-9-5-3-2-4-6-9/h2-7,10,12H,1H3,(H,13,14)/b8-7+/t10-/m1/s1. The maximum atomic E-state index is 10.4. The second-order valence-corrected chi connectivity index (χ2v) is 3.04. The summed E-state index contributed by atoms with van der Waals surface area (Å²) in [5, 5.41) is 17.7. The van der Waals surface area contributed by atoms with Gasteiger partial charge in [-0.25, -0.2) is 4.79 Å². The molecule has 1 aromatic rings. The van der Waals surface area contributed by atoms with Gasteiger partial charge in [0.1, 0.15) is 0 Å². The summed E-state index contributed by atoms with van der Waals surface area (Å²) in [6, 6.07) is 9.27. The molecule has 1 atom stereocenters. The summed E-state index contributed by atoms with van der Waals surface area (Å²) in [6.07, 6.45) is 0.230. The Morgan fingerprint density at radius 1 is 1.36 bits per heavy atom. The maximum Gasteiger partial charge on any atom is 0.336 e. The van der Waals surface area contributed by atoms with E-state index in [2.05, 4.69) is 0 Å². The molecule has 0 saturated carbocycles. The molecule has 0 amide bonds. The van der Waals surface area contributed by atoms with Gasteiger partial charge in [0.15, 0.2) is 6.10 Å². The predicted molar refractivity (Wildman–Crippen MR) is 53.7 cm³/mol. The van der Waals surface area contributed by atoms with E-state index in [4.69, 9.17) is 5.11 Å². The van der Waals surface area contributed by atoms with Crippen LogP contribution in [0.4, 0.5) is 0 Å². The third-order valence-corrected chi connectivity index (χ3v) is 1.86. The van der Waals surface area contributed by atoms with E-state index in [0.29, 0.717) is 5.57 Å².